The summed E-state index contributed by atoms with van der Waals surface area (Å²) in [4.78, 5) is 19.2. The Morgan fingerprint density at radius 1 is 1.18 bits per heavy atom. The molecule has 1 unspecified atom stereocenters. The molecule has 0 aliphatic heterocycles. The Bertz CT molecular complexity index is 948. The number of amides is 1. The minimum absolute atomic E-state index is 0.0237. The van der Waals surface area contributed by atoms with Gasteiger partial charge in [0, 0.05) is 0 Å². The fourth-order valence-corrected chi connectivity index (χ4v) is 4.96. The van der Waals surface area contributed by atoms with Crippen molar-refractivity contribution in [3.8, 4) is 0 Å². The molecular formula is C23H27N3OS. The van der Waals surface area contributed by atoms with Crippen LogP contribution in [0.2, 0.25) is 0 Å². The second-order valence-electron chi connectivity index (χ2n) is 7.77. The molecule has 1 aliphatic carbocycles. The van der Waals surface area contributed by atoms with Crippen molar-refractivity contribution in [1.82, 2.24) is 15.2 Å². The van der Waals surface area contributed by atoms with Gasteiger partial charge >= 0.3 is 0 Å². The van der Waals surface area contributed by atoms with Crippen LogP contribution < -0.4 is 5.32 Å². The van der Waals surface area contributed by atoms with Gasteiger partial charge in [-0.3, -0.25) is 9.69 Å². The molecule has 1 aliphatic rings. The van der Waals surface area contributed by atoms with E-state index in [4.69, 9.17) is 0 Å². The van der Waals surface area contributed by atoms with Crippen molar-refractivity contribution < 1.29 is 4.79 Å². The number of aromatic nitrogens is 1. The van der Waals surface area contributed by atoms with E-state index in [2.05, 4.69) is 41.5 Å². The van der Waals surface area contributed by atoms with Crippen molar-refractivity contribution in [2.75, 3.05) is 13.6 Å². The topological polar surface area (TPSA) is 45.2 Å². The third-order valence-electron chi connectivity index (χ3n) is 5.41. The molecule has 1 atom stereocenters. The summed E-state index contributed by atoms with van der Waals surface area (Å²) in [5.41, 5.74) is 5.16. The number of hydrogen-bond acceptors (Lipinski definition) is 4. The zero-order valence-corrected chi connectivity index (χ0v) is 17.4. The highest BCUT2D eigenvalue weighted by Gasteiger charge is 2.16. The van der Waals surface area contributed by atoms with E-state index in [1.54, 1.807) is 11.3 Å². The minimum atomic E-state index is 0.0237. The van der Waals surface area contributed by atoms with Gasteiger partial charge in [0.15, 0.2) is 0 Å². The van der Waals surface area contributed by atoms with Crippen LogP contribution in [0.3, 0.4) is 0 Å². The highest BCUT2D eigenvalue weighted by atomic mass is 32.1. The molecule has 146 valence electrons. The molecule has 2 aromatic carbocycles. The second-order valence-corrected chi connectivity index (χ2v) is 8.89. The fraction of sp³-hybridized carbons (Fsp3) is 0.391. The lowest BCUT2D eigenvalue weighted by atomic mass is 9.89. The van der Waals surface area contributed by atoms with E-state index in [9.17, 15) is 4.79 Å². The number of para-hydroxylation sites is 1. The van der Waals surface area contributed by atoms with Crippen LogP contribution >= 0.6 is 11.3 Å². The molecule has 3 aromatic rings. The lowest BCUT2D eigenvalue weighted by Crippen LogP contribution is -2.36. The summed E-state index contributed by atoms with van der Waals surface area (Å²) in [5.74, 6) is 0.0498. The average molecular weight is 394 g/mol. The third kappa shape index (κ3) is 4.42. The number of benzene rings is 2. The van der Waals surface area contributed by atoms with Crippen molar-refractivity contribution in [3.05, 3.63) is 64.2 Å². The minimum Gasteiger partial charge on any atom is -0.348 e. The lowest BCUT2D eigenvalue weighted by Gasteiger charge is -2.21. The van der Waals surface area contributed by atoms with Crippen LogP contribution in [0.4, 0.5) is 0 Å². The smallest absolute Gasteiger partial charge is 0.234 e. The van der Waals surface area contributed by atoms with Crippen molar-refractivity contribution >= 4 is 27.5 Å². The molecule has 28 heavy (non-hydrogen) atoms. The van der Waals surface area contributed by atoms with Crippen LogP contribution in [0, 0.1) is 0 Å². The van der Waals surface area contributed by atoms with E-state index < -0.39 is 0 Å². The standard InChI is InChI=1S/C23H27N3OS/c1-16(18-12-11-17-7-3-4-8-19(17)13-18)24-22(27)14-26(2)15-23-25-20-9-5-6-10-21(20)28-23/h5-6,9-13,16H,3-4,7-8,14-15H2,1-2H3,(H,24,27). The monoisotopic (exact) mass is 393 g/mol. The molecule has 1 heterocycles. The largest absolute Gasteiger partial charge is 0.348 e. The Kier molecular flexibility index (Phi) is 5.74. The predicted octanol–water partition coefficient (Wildman–Crippen LogP) is 4.48. The van der Waals surface area contributed by atoms with Crippen LogP contribution in [0.1, 0.15) is 47.5 Å². The Morgan fingerprint density at radius 2 is 1.96 bits per heavy atom. The Balaban J connectivity index is 1.33. The van der Waals surface area contributed by atoms with E-state index in [1.807, 2.05) is 30.1 Å². The SMILES string of the molecule is CC(NC(=O)CN(C)Cc1nc2ccccc2s1)c1ccc2c(c1)CCCC2. The van der Waals surface area contributed by atoms with Crippen LogP contribution in [0.25, 0.3) is 10.2 Å². The van der Waals surface area contributed by atoms with Gasteiger partial charge in [-0.25, -0.2) is 4.98 Å². The molecule has 0 saturated heterocycles. The summed E-state index contributed by atoms with van der Waals surface area (Å²) in [6.45, 7) is 3.11. The number of thiazole rings is 1. The van der Waals surface area contributed by atoms with Gasteiger partial charge < -0.3 is 5.32 Å². The zero-order valence-electron chi connectivity index (χ0n) is 16.6. The number of carbonyl (C=O) groups is 1. The Labute approximate surface area is 170 Å². The first kappa shape index (κ1) is 19.1. The number of aryl methyl sites for hydroxylation is 2. The molecule has 0 saturated carbocycles. The third-order valence-corrected chi connectivity index (χ3v) is 6.43. The molecule has 0 radical (unpaired) electrons. The van der Waals surface area contributed by atoms with Gasteiger partial charge in [0.1, 0.15) is 5.01 Å². The van der Waals surface area contributed by atoms with E-state index in [0.29, 0.717) is 13.1 Å². The maximum atomic E-state index is 12.5. The molecule has 1 amide bonds. The Hall–Kier alpha value is -2.24. The van der Waals surface area contributed by atoms with Gasteiger partial charge in [-0.1, -0.05) is 30.3 Å². The first-order chi connectivity index (χ1) is 13.6. The lowest BCUT2D eigenvalue weighted by molar-refractivity contribution is -0.122. The molecule has 1 aromatic heterocycles. The van der Waals surface area contributed by atoms with Gasteiger partial charge in [-0.15, -0.1) is 11.3 Å². The summed E-state index contributed by atoms with van der Waals surface area (Å²) in [6.07, 6.45) is 4.91. The molecule has 0 fully saturated rings. The van der Waals surface area contributed by atoms with Gasteiger partial charge in [-0.2, -0.15) is 0 Å². The number of nitrogens with one attached hydrogen (secondary N) is 1. The van der Waals surface area contributed by atoms with Crippen LogP contribution in [0.15, 0.2) is 42.5 Å². The first-order valence-electron chi connectivity index (χ1n) is 10.0. The number of carbonyl (C=O) groups excluding carboxylic acids is 1. The number of likely N-dealkylation sites (N-methyl/N-ethyl adjacent to an activating group) is 1. The van der Waals surface area contributed by atoms with Crippen LogP contribution in [-0.4, -0.2) is 29.4 Å². The van der Waals surface area contributed by atoms with E-state index in [1.165, 1.54) is 40.7 Å². The Morgan fingerprint density at radius 3 is 2.79 bits per heavy atom. The average Bonchev–Trinajstić information content (AvgIpc) is 3.09. The van der Waals surface area contributed by atoms with Crippen molar-refractivity contribution in [2.24, 2.45) is 0 Å². The molecule has 0 bridgehead atoms. The van der Waals surface area contributed by atoms with Crippen molar-refractivity contribution in [2.45, 2.75) is 45.2 Å². The fourth-order valence-electron chi connectivity index (χ4n) is 3.91. The molecule has 0 spiro atoms. The van der Waals surface area contributed by atoms with E-state index in [0.717, 1.165) is 16.9 Å². The highest BCUT2D eigenvalue weighted by Crippen LogP contribution is 2.25. The van der Waals surface area contributed by atoms with Gasteiger partial charge in [-0.05, 0) is 68.5 Å². The van der Waals surface area contributed by atoms with Gasteiger partial charge in [0.25, 0.3) is 0 Å². The molecule has 5 heteroatoms. The normalized spacial score (nSPS) is 14.8. The second kappa shape index (κ2) is 8.41. The zero-order chi connectivity index (χ0) is 19.5. The van der Waals surface area contributed by atoms with Crippen molar-refractivity contribution in [1.29, 1.82) is 0 Å². The van der Waals surface area contributed by atoms with Crippen LogP contribution in [-0.2, 0) is 24.2 Å². The summed E-state index contributed by atoms with van der Waals surface area (Å²) in [7, 11) is 1.97. The van der Waals surface area contributed by atoms with Gasteiger partial charge in [0.05, 0.1) is 29.3 Å². The molecule has 1 N–H and O–H groups in total. The summed E-state index contributed by atoms with van der Waals surface area (Å²) >= 11 is 1.69. The quantitative estimate of drug-likeness (QED) is 0.671. The number of nitrogens with zero attached hydrogens (tertiary/aromatic N) is 2. The summed E-state index contributed by atoms with van der Waals surface area (Å²) < 4.78 is 1.19. The number of fused-ring (bicyclic) bond motifs is 2. The first-order valence-corrected chi connectivity index (χ1v) is 10.8. The number of rotatable bonds is 6. The molecule has 4 nitrogen and oxygen atoms in total. The van der Waals surface area contributed by atoms with E-state index >= 15 is 0 Å². The van der Waals surface area contributed by atoms with Crippen LogP contribution in [0.5, 0.6) is 0 Å². The number of hydrogen-bond donors (Lipinski definition) is 1. The molecular weight excluding hydrogens is 366 g/mol. The van der Waals surface area contributed by atoms with Crippen molar-refractivity contribution in [3.63, 3.8) is 0 Å². The van der Waals surface area contributed by atoms with Gasteiger partial charge in [0.2, 0.25) is 5.91 Å². The maximum absolute atomic E-state index is 12.5. The predicted molar refractivity (Wildman–Crippen MR) is 116 cm³/mol. The molecule has 4 rings (SSSR count). The highest BCUT2D eigenvalue weighted by molar-refractivity contribution is 7.18. The van der Waals surface area contributed by atoms with E-state index in [-0.39, 0.29) is 11.9 Å². The maximum Gasteiger partial charge on any atom is 0.234 e. The summed E-state index contributed by atoms with van der Waals surface area (Å²) in [5, 5.41) is 4.19. The summed E-state index contributed by atoms with van der Waals surface area (Å²) in [6, 6.07) is 14.9.